The Kier molecular flexibility index (Phi) is 3.02. The van der Waals surface area contributed by atoms with E-state index >= 15 is 0 Å². The molecule has 1 aliphatic rings. The minimum atomic E-state index is -2.65. The Labute approximate surface area is 155 Å². The molecule has 4 nitrogen and oxygen atoms in total. The van der Waals surface area contributed by atoms with Crippen LogP contribution in [0.15, 0.2) is 42.6 Å². The van der Waals surface area contributed by atoms with Crippen LogP contribution in [0.3, 0.4) is 0 Å². The standard InChI is InChI=1S/C20H17F2N3O/c1-25-7-6-15(24-25)4-2-12-8-13-11-23-20(26)18(13)10-17(12)16-5-3-14(21)9-19(16)22/h3,5-10H,2,4,11H2,1H3,(H,23,26)/i2D2,4D2. The van der Waals surface area contributed by atoms with E-state index in [-0.39, 0.29) is 34.5 Å². The van der Waals surface area contributed by atoms with Crippen LogP contribution in [0.1, 0.15) is 32.7 Å². The first-order valence-corrected chi connectivity index (χ1v) is 7.93. The second kappa shape index (κ2) is 6.37. The molecule has 26 heavy (non-hydrogen) atoms. The van der Waals surface area contributed by atoms with Gasteiger partial charge in [-0.25, -0.2) is 8.78 Å². The number of nitrogens with one attached hydrogen (secondary N) is 1. The van der Waals surface area contributed by atoms with Crippen molar-refractivity contribution in [3.8, 4) is 11.1 Å². The number of amides is 1. The predicted molar refractivity (Wildman–Crippen MR) is 93.6 cm³/mol. The molecular weight excluding hydrogens is 336 g/mol. The number of benzene rings is 2. The number of aromatic nitrogens is 2. The summed E-state index contributed by atoms with van der Waals surface area (Å²) in [5.74, 6) is -2.14. The molecule has 132 valence electrons. The van der Waals surface area contributed by atoms with Crippen LogP contribution in [0.4, 0.5) is 8.78 Å². The van der Waals surface area contributed by atoms with Crippen LogP contribution in [-0.4, -0.2) is 15.7 Å². The lowest BCUT2D eigenvalue weighted by Crippen LogP contribution is -2.12. The number of halogens is 2. The van der Waals surface area contributed by atoms with E-state index in [9.17, 15) is 13.6 Å². The molecule has 0 saturated carbocycles. The molecule has 0 bridgehead atoms. The van der Waals surface area contributed by atoms with Gasteiger partial charge in [-0.05, 0) is 53.7 Å². The van der Waals surface area contributed by atoms with Gasteiger partial charge in [-0.2, -0.15) is 5.10 Å². The van der Waals surface area contributed by atoms with Crippen molar-refractivity contribution in [1.29, 1.82) is 0 Å². The highest BCUT2D eigenvalue weighted by Gasteiger charge is 2.22. The Morgan fingerprint density at radius 3 is 2.73 bits per heavy atom. The first-order valence-electron chi connectivity index (χ1n) is 9.93. The van der Waals surface area contributed by atoms with Crippen molar-refractivity contribution in [2.75, 3.05) is 0 Å². The molecule has 0 saturated heterocycles. The van der Waals surface area contributed by atoms with Gasteiger partial charge in [-0.1, -0.05) is 6.07 Å². The molecule has 3 aromatic rings. The van der Waals surface area contributed by atoms with Crippen LogP contribution in [0, 0.1) is 11.6 Å². The van der Waals surface area contributed by atoms with Gasteiger partial charge in [-0.3, -0.25) is 9.48 Å². The number of carbonyl (C=O) groups excluding carboxylic acids is 1. The van der Waals surface area contributed by atoms with Gasteiger partial charge in [0.05, 0.1) is 5.69 Å². The third-order valence-corrected chi connectivity index (χ3v) is 4.19. The molecule has 2 heterocycles. The molecule has 4 rings (SSSR count). The molecule has 2 aromatic carbocycles. The predicted octanol–water partition coefficient (Wildman–Crippen LogP) is 3.39. The second-order valence-electron chi connectivity index (χ2n) is 5.99. The van der Waals surface area contributed by atoms with Gasteiger partial charge >= 0.3 is 0 Å². The molecule has 1 amide bonds. The maximum atomic E-state index is 14.6. The third-order valence-electron chi connectivity index (χ3n) is 4.19. The Bertz CT molecular complexity index is 1180. The smallest absolute Gasteiger partial charge is 0.251 e. The van der Waals surface area contributed by atoms with Crippen molar-refractivity contribution in [3.05, 3.63) is 76.6 Å². The lowest BCUT2D eigenvalue weighted by Gasteiger charge is -2.13. The third kappa shape index (κ3) is 2.98. The molecule has 0 fully saturated rings. The highest BCUT2D eigenvalue weighted by Crippen LogP contribution is 2.32. The van der Waals surface area contributed by atoms with E-state index in [1.165, 1.54) is 29.1 Å². The first kappa shape index (κ1) is 12.4. The zero-order chi connectivity index (χ0) is 21.8. The van der Waals surface area contributed by atoms with Gasteiger partial charge in [0, 0.05) is 42.5 Å². The van der Waals surface area contributed by atoms with Crippen LogP contribution < -0.4 is 5.32 Å². The molecule has 0 atom stereocenters. The average molecular weight is 357 g/mol. The van der Waals surface area contributed by atoms with Crippen molar-refractivity contribution in [2.45, 2.75) is 19.3 Å². The zero-order valence-corrected chi connectivity index (χ0v) is 13.8. The fourth-order valence-corrected chi connectivity index (χ4v) is 2.92. The van der Waals surface area contributed by atoms with Gasteiger partial charge in [0.25, 0.3) is 5.91 Å². The minimum Gasteiger partial charge on any atom is -0.348 e. The normalized spacial score (nSPS) is 16.3. The number of nitrogens with zero attached hydrogens (tertiary/aromatic N) is 2. The Hall–Kier alpha value is -3.02. The topological polar surface area (TPSA) is 46.9 Å². The number of fused-ring (bicyclic) bond motifs is 1. The van der Waals surface area contributed by atoms with Gasteiger partial charge < -0.3 is 5.32 Å². The van der Waals surface area contributed by atoms with E-state index in [0.29, 0.717) is 11.6 Å². The number of carbonyl (C=O) groups is 1. The first-order chi connectivity index (χ1) is 14.0. The minimum absolute atomic E-state index is 0.0203. The lowest BCUT2D eigenvalue weighted by atomic mass is 9.91. The van der Waals surface area contributed by atoms with Crippen LogP contribution in [0.2, 0.25) is 0 Å². The van der Waals surface area contributed by atoms with Crippen molar-refractivity contribution in [3.63, 3.8) is 0 Å². The van der Waals surface area contributed by atoms with E-state index in [1.54, 1.807) is 7.05 Å². The summed E-state index contributed by atoms with van der Waals surface area (Å²) in [5, 5.41) is 6.62. The van der Waals surface area contributed by atoms with Gasteiger partial charge in [0.1, 0.15) is 11.6 Å². The maximum Gasteiger partial charge on any atom is 0.251 e. The summed E-state index contributed by atoms with van der Waals surface area (Å²) in [6.07, 6.45) is -3.74. The highest BCUT2D eigenvalue weighted by molar-refractivity contribution is 5.99. The molecule has 1 N–H and O–H groups in total. The summed E-state index contributed by atoms with van der Waals surface area (Å²) in [7, 11) is 1.58. The maximum absolute atomic E-state index is 14.6. The van der Waals surface area contributed by atoms with Crippen LogP contribution >= 0.6 is 0 Å². The fourth-order valence-electron chi connectivity index (χ4n) is 2.92. The van der Waals surface area contributed by atoms with E-state index < -0.39 is 30.3 Å². The quantitative estimate of drug-likeness (QED) is 0.778. The summed E-state index contributed by atoms with van der Waals surface area (Å²) in [4.78, 5) is 12.1. The zero-order valence-electron chi connectivity index (χ0n) is 17.8. The molecular formula is C20H17F2N3O. The lowest BCUT2D eigenvalue weighted by molar-refractivity contribution is 0.0966. The molecule has 0 radical (unpaired) electrons. The fraction of sp³-hybridized carbons (Fsp3) is 0.200. The summed E-state index contributed by atoms with van der Waals surface area (Å²) >= 11 is 0. The van der Waals surface area contributed by atoms with E-state index in [2.05, 4.69) is 10.4 Å². The van der Waals surface area contributed by atoms with Crippen molar-refractivity contribution >= 4 is 5.91 Å². The summed E-state index contributed by atoms with van der Waals surface area (Å²) in [6.45, 7) is 0.149. The Morgan fingerprint density at radius 2 is 2.00 bits per heavy atom. The molecule has 6 heteroatoms. The number of aryl methyl sites for hydroxylation is 3. The number of hydrogen-bond donors (Lipinski definition) is 1. The summed E-state index contributed by atoms with van der Waals surface area (Å²) < 4.78 is 63.7. The molecule has 0 unspecified atom stereocenters. The van der Waals surface area contributed by atoms with E-state index in [1.807, 2.05) is 0 Å². The second-order valence-corrected chi connectivity index (χ2v) is 5.99. The van der Waals surface area contributed by atoms with E-state index in [0.717, 1.165) is 12.1 Å². The Morgan fingerprint density at radius 1 is 1.15 bits per heavy atom. The van der Waals surface area contributed by atoms with Gasteiger partial charge in [0.2, 0.25) is 0 Å². The summed E-state index contributed by atoms with van der Waals surface area (Å²) in [5.41, 5.74) is 0.283. The number of rotatable bonds is 4. The Balaban J connectivity index is 1.98. The molecule has 1 aromatic heterocycles. The van der Waals surface area contributed by atoms with Crippen molar-refractivity contribution in [2.24, 2.45) is 7.05 Å². The summed E-state index contributed by atoms with van der Waals surface area (Å²) in [6, 6.07) is 6.90. The monoisotopic (exact) mass is 357 g/mol. The van der Waals surface area contributed by atoms with Gasteiger partial charge in [0.15, 0.2) is 0 Å². The molecule has 0 spiro atoms. The van der Waals surface area contributed by atoms with Crippen LogP contribution in [0.5, 0.6) is 0 Å². The largest absolute Gasteiger partial charge is 0.348 e. The van der Waals surface area contributed by atoms with Gasteiger partial charge in [-0.15, -0.1) is 0 Å². The molecule has 0 aliphatic carbocycles. The highest BCUT2D eigenvalue weighted by atomic mass is 19.1. The number of hydrogen-bond acceptors (Lipinski definition) is 2. The van der Waals surface area contributed by atoms with E-state index in [4.69, 9.17) is 5.48 Å². The van der Waals surface area contributed by atoms with Crippen LogP contribution in [0.25, 0.3) is 11.1 Å². The van der Waals surface area contributed by atoms with Crippen LogP contribution in [-0.2, 0) is 26.3 Å². The van der Waals surface area contributed by atoms with Crippen molar-refractivity contribution in [1.82, 2.24) is 15.1 Å². The van der Waals surface area contributed by atoms with Crippen molar-refractivity contribution < 1.29 is 19.1 Å². The average Bonchev–Trinajstić information content (AvgIpc) is 3.27. The SMILES string of the molecule is [2H]C([2H])(c1ccn(C)n1)C([2H])([2H])c1cc2c(cc1-c1ccc(F)cc1F)C(=O)NC2. The molecule has 1 aliphatic heterocycles.